The number of benzene rings is 3. The van der Waals surface area contributed by atoms with Crippen LogP contribution in [0.1, 0.15) is 37.0 Å². The normalized spacial score (nSPS) is 12.3. The van der Waals surface area contributed by atoms with Gasteiger partial charge in [-0.25, -0.2) is 9.78 Å². The van der Waals surface area contributed by atoms with Crippen LogP contribution in [0.3, 0.4) is 0 Å². The van der Waals surface area contributed by atoms with Crippen molar-refractivity contribution in [2.45, 2.75) is 64.8 Å². The molecule has 0 radical (unpaired) electrons. The first-order valence-electron chi connectivity index (χ1n) is 17.4. The molecule has 0 saturated carbocycles. The SMILES string of the molecule is CCN(CC)C(=O)CCNC(=O)C(F)(F)C(O)C(Cc1ccccc1)NC(=O)Cn1c(-c2cccc(C)c2)ncc(NC(=O)OCc2ccccc2)c1=O. The largest absolute Gasteiger partial charge is 0.444 e. The van der Waals surface area contributed by atoms with Gasteiger partial charge in [-0.15, -0.1) is 0 Å². The van der Waals surface area contributed by atoms with E-state index in [1.54, 1.807) is 92.7 Å². The molecule has 0 bridgehead atoms. The first-order valence-corrected chi connectivity index (χ1v) is 17.4. The van der Waals surface area contributed by atoms with Crippen LogP contribution >= 0.6 is 0 Å². The molecule has 0 aliphatic heterocycles. The lowest BCUT2D eigenvalue weighted by molar-refractivity contribution is -0.167. The second-order valence-corrected chi connectivity index (χ2v) is 12.4. The standard InChI is InChI=1S/C39H44F2N6O7/c1-4-46(5-2)33(49)19-20-42-37(52)39(40,41)34(50)30(22-27-14-8-6-9-15-27)44-32(48)24-47-35(29-18-12-13-26(3)21-29)43-23-31(36(47)51)45-38(53)54-25-28-16-10-7-11-17-28/h6-18,21,23,30,34,50H,4-5,19-20,22,24-25H2,1-3H3,(H,42,52)(H,44,48)(H,45,53). The van der Waals surface area contributed by atoms with Crippen molar-refractivity contribution >= 4 is 29.5 Å². The summed E-state index contributed by atoms with van der Waals surface area (Å²) in [4.78, 5) is 70.9. The van der Waals surface area contributed by atoms with Gasteiger partial charge in [0.15, 0.2) is 0 Å². The minimum Gasteiger partial charge on any atom is -0.444 e. The molecule has 286 valence electrons. The van der Waals surface area contributed by atoms with Crippen LogP contribution in [0.5, 0.6) is 0 Å². The Hall–Kier alpha value is -5.96. The fraction of sp³-hybridized carbons (Fsp3) is 0.333. The molecular formula is C39H44F2N6O7. The molecule has 0 spiro atoms. The number of aliphatic hydroxyl groups is 1. The summed E-state index contributed by atoms with van der Waals surface area (Å²) in [6.45, 7) is 4.92. The van der Waals surface area contributed by atoms with Gasteiger partial charge in [0.05, 0.1) is 12.2 Å². The molecule has 3 aromatic carbocycles. The van der Waals surface area contributed by atoms with Crippen LogP contribution in [-0.2, 0) is 38.7 Å². The molecule has 0 aliphatic rings. The van der Waals surface area contributed by atoms with E-state index in [1.165, 1.54) is 4.90 Å². The number of halogens is 2. The van der Waals surface area contributed by atoms with E-state index in [2.05, 4.69) is 15.6 Å². The number of ether oxygens (including phenoxy) is 1. The molecule has 4 amide bonds. The molecule has 4 aromatic rings. The van der Waals surface area contributed by atoms with Crippen molar-refractivity contribution in [2.75, 3.05) is 25.0 Å². The number of hydrogen-bond acceptors (Lipinski definition) is 8. The maximum atomic E-state index is 15.6. The zero-order valence-electron chi connectivity index (χ0n) is 30.3. The van der Waals surface area contributed by atoms with Gasteiger partial charge in [-0.3, -0.25) is 29.1 Å². The molecule has 2 unspecified atom stereocenters. The number of nitrogens with zero attached hydrogens (tertiary/aromatic N) is 3. The average molecular weight is 747 g/mol. The summed E-state index contributed by atoms with van der Waals surface area (Å²) in [6.07, 6.45) is -3.10. The van der Waals surface area contributed by atoms with E-state index in [-0.39, 0.29) is 36.9 Å². The zero-order chi connectivity index (χ0) is 39.3. The molecule has 15 heteroatoms. The second kappa shape index (κ2) is 19.2. The summed E-state index contributed by atoms with van der Waals surface area (Å²) in [5.74, 6) is -7.50. The molecule has 0 aliphatic carbocycles. The topological polar surface area (TPSA) is 172 Å². The minimum absolute atomic E-state index is 0.0335. The molecule has 2 atom stereocenters. The Balaban J connectivity index is 1.58. The molecule has 54 heavy (non-hydrogen) atoms. The Kier molecular flexibility index (Phi) is 14.5. The van der Waals surface area contributed by atoms with Gasteiger partial charge in [0.1, 0.15) is 30.8 Å². The van der Waals surface area contributed by atoms with Gasteiger partial charge in [0, 0.05) is 31.6 Å². The van der Waals surface area contributed by atoms with Gasteiger partial charge in [-0.2, -0.15) is 8.78 Å². The Bertz CT molecular complexity index is 1960. The molecule has 13 nitrogen and oxygen atoms in total. The molecule has 4 rings (SSSR count). The Morgan fingerprint density at radius 3 is 2.22 bits per heavy atom. The molecule has 0 saturated heterocycles. The van der Waals surface area contributed by atoms with Crippen LogP contribution in [0, 0.1) is 6.92 Å². The third kappa shape index (κ3) is 11.0. The number of nitrogens with one attached hydrogen (secondary N) is 3. The van der Waals surface area contributed by atoms with Crippen LogP contribution < -0.4 is 21.5 Å². The summed E-state index contributed by atoms with van der Waals surface area (Å²) in [6, 6.07) is 22.2. The summed E-state index contributed by atoms with van der Waals surface area (Å²) < 4.78 is 37.3. The van der Waals surface area contributed by atoms with E-state index < -0.39 is 54.6 Å². The highest BCUT2D eigenvalue weighted by molar-refractivity contribution is 5.86. The predicted molar refractivity (Wildman–Crippen MR) is 198 cm³/mol. The summed E-state index contributed by atoms with van der Waals surface area (Å²) >= 11 is 0. The number of aliphatic hydroxyl groups excluding tert-OH is 1. The van der Waals surface area contributed by atoms with Crippen molar-refractivity contribution in [3.63, 3.8) is 0 Å². The Morgan fingerprint density at radius 1 is 0.944 bits per heavy atom. The number of aromatic nitrogens is 2. The summed E-state index contributed by atoms with van der Waals surface area (Å²) in [7, 11) is 0. The van der Waals surface area contributed by atoms with Crippen molar-refractivity contribution in [1.82, 2.24) is 25.1 Å². The maximum absolute atomic E-state index is 15.6. The monoisotopic (exact) mass is 746 g/mol. The van der Waals surface area contributed by atoms with Gasteiger partial charge in [-0.05, 0) is 44.4 Å². The van der Waals surface area contributed by atoms with Gasteiger partial charge < -0.3 is 25.4 Å². The first kappa shape index (κ1) is 40.8. The van der Waals surface area contributed by atoms with Crippen LogP contribution in [0.4, 0.5) is 19.3 Å². The lowest BCUT2D eigenvalue weighted by atomic mass is 9.96. The third-order valence-electron chi connectivity index (χ3n) is 8.52. The number of amides is 4. The van der Waals surface area contributed by atoms with E-state index in [0.717, 1.165) is 16.3 Å². The predicted octanol–water partition coefficient (Wildman–Crippen LogP) is 4.07. The lowest BCUT2D eigenvalue weighted by Crippen LogP contribution is -2.58. The summed E-state index contributed by atoms with van der Waals surface area (Å²) in [5, 5.41) is 17.8. The number of rotatable bonds is 17. The van der Waals surface area contributed by atoms with Crippen molar-refractivity contribution in [1.29, 1.82) is 0 Å². The quantitative estimate of drug-likeness (QED) is 0.125. The van der Waals surface area contributed by atoms with Crippen LogP contribution in [0.15, 0.2) is 95.9 Å². The second-order valence-electron chi connectivity index (χ2n) is 12.4. The van der Waals surface area contributed by atoms with E-state index in [9.17, 15) is 29.1 Å². The van der Waals surface area contributed by atoms with Gasteiger partial charge in [0.25, 0.3) is 11.5 Å². The highest BCUT2D eigenvalue weighted by Crippen LogP contribution is 2.24. The third-order valence-corrected chi connectivity index (χ3v) is 8.52. The van der Waals surface area contributed by atoms with Crippen LogP contribution in [0.2, 0.25) is 0 Å². The molecule has 1 aromatic heterocycles. The van der Waals surface area contributed by atoms with Crippen LogP contribution in [0.25, 0.3) is 11.4 Å². The van der Waals surface area contributed by atoms with Crippen molar-refractivity contribution < 1.29 is 37.8 Å². The average Bonchev–Trinajstić information content (AvgIpc) is 3.16. The smallest absolute Gasteiger partial charge is 0.412 e. The van der Waals surface area contributed by atoms with Crippen LogP contribution in [-0.4, -0.2) is 81.1 Å². The zero-order valence-corrected chi connectivity index (χ0v) is 30.3. The number of aryl methyl sites for hydroxylation is 1. The van der Waals surface area contributed by atoms with E-state index in [4.69, 9.17) is 4.74 Å². The first-order chi connectivity index (χ1) is 25.8. The van der Waals surface area contributed by atoms with Crippen molar-refractivity contribution in [3.05, 3.63) is 118 Å². The molecule has 1 heterocycles. The maximum Gasteiger partial charge on any atom is 0.412 e. The molecule has 4 N–H and O–H groups in total. The fourth-order valence-corrected chi connectivity index (χ4v) is 5.64. The highest BCUT2D eigenvalue weighted by Gasteiger charge is 2.50. The molecular weight excluding hydrogens is 702 g/mol. The lowest BCUT2D eigenvalue weighted by Gasteiger charge is -2.30. The van der Waals surface area contributed by atoms with Gasteiger partial charge in [0.2, 0.25) is 11.8 Å². The number of carbonyl (C=O) groups is 4. The van der Waals surface area contributed by atoms with Gasteiger partial charge in [-0.1, -0.05) is 84.4 Å². The molecule has 0 fully saturated rings. The number of carbonyl (C=O) groups excluding carboxylic acids is 4. The number of anilines is 1. The van der Waals surface area contributed by atoms with E-state index >= 15 is 8.78 Å². The number of alkyl halides is 2. The Morgan fingerprint density at radius 2 is 1.59 bits per heavy atom. The fourth-order valence-electron chi connectivity index (χ4n) is 5.64. The summed E-state index contributed by atoms with van der Waals surface area (Å²) in [5.41, 5.74) is 1.26. The van der Waals surface area contributed by atoms with Gasteiger partial charge >= 0.3 is 12.0 Å². The number of hydrogen-bond donors (Lipinski definition) is 4. The Labute approximate surface area is 311 Å². The van der Waals surface area contributed by atoms with E-state index in [0.29, 0.717) is 29.8 Å². The van der Waals surface area contributed by atoms with E-state index in [1.807, 2.05) is 18.3 Å². The minimum atomic E-state index is -4.40. The van der Waals surface area contributed by atoms with Crippen molar-refractivity contribution in [3.8, 4) is 11.4 Å². The van der Waals surface area contributed by atoms with Crippen molar-refractivity contribution in [2.24, 2.45) is 0 Å². The highest BCUT2D eigenvalue weighted by atomic mass is 19.3.